The van der Waals surface area contributed by atoms with Crippen LogP contribution in [0.2, 0.25) is 5.02 Å². The van der Waals surface area contributed by atoms with E-state index < -0.39 is 0 Å². The summed E-state index contributed by atoms with van der Waals surface area (Å²) < 4.78 is 11.0. The van der Waals surface area contributed by atoms with E-state index >= 15 is 0 Å². The highest BCUT2D eigenvalue weighted by molar-refractivity contribution is 6.32. The lowest BCUT2D eigenvalue weighted by atomic mass is 10.1. The van der Waals surface area contributed by atoms with Crippen LogP contribution in [0.3, 0.4) is 0 Å². The standard InChI is InChI=1S/C22H29ClN4O2/c1-6-16(7-2)24-22-18-12-29-13-20(18)25-21(27(22)26-14(3)4)10-15-8-9-17(28-5)11-19(15)23/h8-11,16,24H,6-7,12-13H2,1-5H3/b21-10+. The number of fused-ring (bicyclic) bond motifs is 1. The van der Waals surface area contributed by atoms with E-state index in [1.54, 1.807) is 13.2 Å². The number of hydrazone groups is 1. The van der Waals surface area contributed by atoms with Crippen molar-refractivity contribution in [3.8, 4) is 5.75 Å². The van der Waals surface area contributed by atoms with Gasteiger partial charge in [0.1, 0.15) is 11.6 Å². The molecular formula is C22H29ClN4O2. The molecule has 1 aromatic carbocycles. The lowest BCUT2D eigenvalue weighted by Gasteiger charge is -2.31. The quantitative estimate of drug-likeness (QED) is 0.647. The molecule has 0 spiro atoms. The smallest absolute Gasteiger partial charge is 0.156 e. The molecule has 2 heterocycles. The van der Waals surface area contributed by atoms with Crippen molar-refractivity contribution in [3.63, 3.8) is 0 Å². The topological polar surface area (TPSA) is 58.4 Å². The van der Waals surface area contributed by atoms with Gasteiger partial charge in [0.2, 0.25) is 0 Å². The van der Waals surface area contributed by atoms with Crippen LogP contribution in [0.15, 0.2) is 45.5 Å². The number of nitrogens with zero attached hydrogens (tertiary/aromatic N) is 3. The van der Waals surface area contributed by atoms with E-state index in [1.165, 1.54) is 0 Å². The Balaban J connectivity index is 2.09. The summed E-state index contributed by atoms with van der Waals surface area (Å²) >= 11 is 6.48. The van der Waals surface area contributed by atoms with Gasteiger partial charge in [-0.1, -0.05) is 25.4 Å². The maximum atomic E-state index is 6.48. The van der Waals surface area contributed by atoms with Crippen LogP contribution in [0.1, 0.15) is 46.1 Å². The first kappa shape index (κ1) is 21.4. The average Bonchev–Trinajstić information content (AvgIpc) is 3.17. The summed E-state index contributed by atoms with van der Waals surface area (Å²) in [4.78, 5) is 4.85. The minimum atomic E-state index is 0.345. The third kappa shape index (κ3) is 4.82. The van der Waals surface area contributed by atoms with Gasteiger partial charge in [0, 0.05) is 17.3 Å². The molecule has 3 rings (SSSR count). The molecule has 2 aliphatic rings. The number of nitrogens with one attached hydrogen (secondary N) is 1. The molecule has 0 aliphatic carbocycles. The molecule has 0 atom stereocenters. The van der Waals surface area contributed by atoms with Crippen LogP contribution in [-0.4, -0.2) is 42.8 Å². The molecule has 7 heteroatoms. The molecule has 1 N–H and O–H groups in total. The summed E-state index contributed by atoms with van der Waals surface area (Å²) in [6.07, 6.45) is 3.99. The molecule has 0 bridgehead atoms. The molecule has 0 unspecified atom stereocenters. The average molecular weight is 417 g/mol. The molecule has 156 valence electrons. The molecule has 1 saturated heterocycles. The van der Waals surface area contributed by atoms with Crippen molar-refractivity contribution in [2.75, 3.05) is 20.3 Å². The zero-order valence-corrected chi connectivity index (χ0v) is 18.5. The van der Waals surface area contributed by atoms with Gasteiger partial charge in [-0.25, -0.2) is 4.99 Å². The zero-order valence-electron chi connectivity index (χ0n) is 17.8. The number of hydrogen-bond donors (Lipinski definition) is 1. The minimum Gasteiger partial charge on any atom is -0.497 e. The lowest BCUT2D eigenvalue weighted by Crippen LogP contribution is -2.39. The lowest BCUT2D eigenvalue weighted by molar-refractivity contribution is 0.220. The van der Waals surface area contributed by atoms with E-state index in [4.69, 9.17) is 31.2 Å². The fourth-order valence-electron chi connectivity index (χ4n) is 3.27. The van der Waals surface area contributed by atoms with Gasteiger partial charge in [-0.3, -0.25) is 0 Å². The maximum absolute atomic E-state index is 6.48. The van der Waals surface area contributed by atoms with Gasteiger partial charge in [-0.2, -0.15) is 10.1 Å². The number of ether oxygens (including phenoxy) is 2. The largest absolute Gasteiger partial charge is 0.497 e. The number of halogens is 1. The number of rotatable bonds is 7. The molecule has 1 fully saturated rings. The Morgan fingerprint density at radius 2 is 2.10 bits per heavy atom. The molecule has 2 aliphatic heterocycles. The summed E-state index contributed by atoms with van der Waals surface area (Å²) in [5.74, 6) is 2.36. The van der Waals surface area contributed by atoms with Gasteiger partial charge in [0.05, 0.1) is 31.1 Å². The predicted molar refractivity (Wildman–Crippen MR) is 119 cm³/mol. The van der Waals surface area contributed by atoms with Gasteiger partial charge < -0.3 is 14.8 Å². The predicted octanol–water partition coefficient (Wildman–Crippen LogP) is 4.82. The Morgan fingerprint density at radius 1 is 1.34 bits per heavy atom. The third-order valence-corrected chi connectivity index (χ3v) is 5.24. The Morgan fingerprint density at radius 3 is 2.72 bits per heavy atom. The van der Waals surface area contributed by atoms with Crippen molar-refractivity contribution in [1.82, 2.24) is 10.3 Å². The van der Waals surface area contributed by atoms with Crippen molar-refractivity contribution in [3.05, 3.63) is 46.0 Å². The van der Waals surface area contributed by atoms with E-state index in [2.05, 4.69) is 19.2 Å². The van der Waals surface area contributed by atoms with Gasteiger partial charge in [-0.05, 0) is 56.5 Å². The van der Waals surface area contributed by atoms with Crippen LogP contribution < -0.4 is 10.1 Å². The van der Waals surface area contributed by atoms with Crippen LogP contribution in [-0.2, 0) is 4.74 Å². The summed E-state index contributed by atoms with van der Waals surface area (Å²) in [6.45, 7) is 9.35. The van der Waals surface area contributed by atoms with Crippen molar-refractivity contribution in [1.29, 1.82) is 0 Å². The second-order valence-electron chi connectivity index (χ2n) is 7.29. The van der Waals surface area contributed by atoms with Gasteiger partial charge in [0.15, 0.2) is 5.82 Å². The second kappa shape index (κ2) is 9.46. The highest BCUT2D eigenvalue weighted by Gasteiger charge is 2.31. The summed E-state index contributed by atoms with van der Waals surface area (Å²) in [5.41, 5.74) is 3.79. The number of benzene rings is 1. The molecule has 0 saturated carbocycles. The minimum absolute atomic E-state index is 0.345. The number of hydrogen-bond acceptors (Lipinski definition) is 6. The summed E-state index contributed by atoms with van der Waals surface area (Å²) in [7, 11) is 1.62. The van der Waals surface area contributed by atoms with Crippen LogP contribution in [0.4, 0.5) is 0 Å². The Labute approximate surface area is 177 Å². The molecule has 29 heavy (non-hydrogen) atoms. The summed E-state index contributed by atoms with van der Waals surface area (Å²) in [6, 6.07) is 5.95. The van der Waals surface area contributed by atoms with Crippen LogP contribution in [0.25, 0.3) is 6.08 Å². The molecule has 0 aromatic heterocycles. The Hall–Kier alpha value is -2.31. The third-order valence-electron chi connectivity index (χ3n) is 4.92. The molecule has 6 nitrogen and oxygen atoms in total. The zero-order chi connectivity index (χ0) is 21.0. The van der Waals surface area contributed by atoms with E-state index in [0.717, 1.165) is 41.2 Å². The molecule has 1 aromatic rings. The summed E-state index contributed by atoms with van der Waals surface area (Å²) in [5, 5.41) is 10.9. The normalized spacial score (nSPS) is 17.6. The first-order chi connectivity index (χ1) is 14.0. The van der Waals surface area contributed by atoms with Crippen LogP contribution in [0.5, 0.6) is 5.75 Å². The number of aliphatic imine (C=N–C) groups is 1. The fourth-order valence-corrected chi connectivity index (χ4v) is 3.50. The van der Waals surface area contributed by atoms with Gasteiger partial charge in [-0.15, -0.1) is 0 Å². The first-order valence-corrected chi connectivity index (χ1v) is 10.4. The Kier molecular flexibility index (Phi) is 6.98. The monoisotopic (exact) mass is 416 g/mol. The van der Waals surface area contributed by atoms with Gasteiger partial charge >= 0.3 is 0 Å². The van der Waals surface area contributed by atoms with E-state index in [-0.39, 0.29) is 0 Å². The van der Waals surface area contributed by atoms with Crippen molar-refractivity contribution in [2.45, 2.75) is 46.6 Å². The Bertz CT molecular complexity index is 881. The van der Waals surface area contributed by atoms with Crippen molar-refractivity contribution >= 4 is 29.1 Å². The van der Waals surface area contributed by atoms with Crippen molar-refractivity contribution < 1.29 is 9.47 Å². The second-order valence-corrected chi connectivity index (χ2v) is 7.69. The van der Waals surface area contributed by atoms with E-state index in [1.807, 2.05) is 37.1 Å². The maximum Gasteiger partial charge on any atom is 0.156 e. The van der Waals surface area contributed by atoms with Gasteiger partial charge in [0.25, 0.3) is 0 Å². The van der Waals surface area contributed by atoms with E-state index in [0.29, 0.717) is 35.8 Å². The molecule has 0 amide bonds. The molecule has 0 radical (unpaired) electrons. The first-order valence-electron chi connectivity index (χ1n) is 9.99. The van der Waals surface area contributed by atoms with Crippen LogP contribution in [0, 0.1) is 0 Å². The highest BCUT2D eigenvalue weighted by atomic mass is 35.5. The number of methoxy groups -OCH3 is 1. The van der Waals surface area contributed by atoms with Crippen LogP contribution >= 0.6 is 11.6 Å². The SMILES string of the molecule is CCC(CC)NC1=C2COCC2=N/C(=C\c2ccc(OC)cc2Cl)N1N=C(C)C. The fraction of sp³-hybridized carbons (Fsp3) is 0.455. The van der Waals surface area contributed by atoms with E-state index in [9.17, 15) is 0 Å². The molecular weight excluding hydrogens is 388 g/mol. The highest BCUT2D eigenvalue weighted by Crippen LogP contribution is 2.31. The van der Waals surface area contributed by atoms with Crippen molar-refractivity contribution in [2.24, 2.45) is 10.1 Å².